The Morgan fingerprint density at radius 2 is 1.96 bits per heavy atom. The summed E-state index contributed by atoms with van der Waals surface area (Å²) in [5, 5.41) is 0. The number of amides is 1. The zero-order valence-electron chi connectivity index (χ0n) is 14.4. The van der Waals surface area contributed by atoms with E-state index in [-0.39, 0.29) is 11.7 Å². The molecule has 4 nitrogen and oxygen atoms in total. The number of ether oxygens (including phenoxy) is 2. The van der Waals surface area contributed by atoms with Crippen molar-refractivity contribution in [1.29, 1.82) is 0 Å². The fourth-order valence-electron chi connectivity index (χ4n) is 3.11. The number of carbonyl (C=O) groups excluding carboxylic acids is 1. The van der Waals surface area contributed by atoms with Crippen LogP contribution in [-0.4, -0.2) is 35.3 Å². The molecule has 0 bridgehead atoms. The smallest absolute Gasteiger partial charge is 0.410 e. The minimum absolute atomic E-state index is 0.233. The molecule has 23 heavy (non-hydrogen) atoms. The summed E-state index contributed by atoms with van der Waals surface area (Å²) in [6.07, 6.45) is 5.67. The van der Waals surface area contributed by atoms with Crippen molar-refractivity contribution in [1.82, 2.24) is 4.90 Å². The van der Waals surface area contributed by atoms with Crippen molar-refractivity contribution in [2.24, 2.45) is 0 Å². The summed E-state index contributed by atoms with van der Waals surface area (Å²) in [5.41, 5.74) is 1.64. The van der Waals surface area contributed by atoms with Gasteiger partial charge in [0, 0.05) is 31.5 Å². The van der Waals surface area contributed by atoms with E-state index in [0.717, 1.165) is 24.2 Å². The topological polar surface area (TPSA) is 38.8 Å². The van der Waals surface area contributed by atoms with Gasteiger partial charge in [-0.1, -0.05) is 18.2 Å². The monoisotopic (exact) mass is 315 g/mol. The van der Waals surface area contributed by atoms with Gasteiger partial charge in [0.25, 0.3) is 0 Å². The van der Waals surface area contributed by atoms with Gasteiger partial charge in [0.05, 0.1) is 0 Å². The normalized spacial score (nSPS) is 19.2. The molecule has 1 aromatic carbocycles. The zero-order valence-corrected chi connectivity index (χ0v) is 14.4. The average Bonchev–Trinajstić information content (AvgIpc) is 2.46. The lowest BCUT2D eigenvalue weighted by atomic mass is 9.87. The predicted molar refractivity (Wildman–Crippen MR) is 90.6 cm³/mol. The summed E-state index contributed by atoms with van der Waals surface area (Å²) in [4.78, 5) is 14.0. The molecule has 1 aromatic rings. The van der Waals surface area contributed by atoms with E-state index in [0.29, 0.717) is 13.1 Å². The summed E-state index contributed by atoms with van der Waals surface area (Å²) >= 11 is 0. The van der Waals surface area contributed by atoms with Crippen LogP contribution in [-0.2, 0) is 4.74 Å². The van der Waals surface area contributed by atoms with Crippen LogP contribution in [0.5, 0.6) is 5.75 Å². The third kappa shape index (κ3) is 3.36. The van der Waals surface area contributed by atoms with Gasteiger partial charge in [0.2, 0.25) is 0 Å². The summed E-state index contributed by atoms with van der Waals surface area (Å²) in [7, 11) is 0. The van der Waals surface area contributed by atoms with Crippen LogP contribution in [0.1, 0.15) is 44.7 Å². The largest absolute Gasteiger partial charge is 0.482 e. The van der Waals surface area contributed by atoms with Gasteiger partial charge < -0.3 is 14.4 Å². The third-order valence-electron chi connectivity index (χ3n) is 4.41. The first-order valence-corrected chi connectivity index (χ1v) is 8.24. The lowest BCUT2D eigenvalue weighted by molar-refractivity contribution is -0.00102. The molecule has 0 aromatic heterocycles. The highest BCUT2D eigenvalue weighted by Crippen LogP contribution is 2.38. The van der Waals surface area contributed by atoms with Crippen LogP contribution < -0.4 is 4.74 Å². The highest BCUT2D eigenvalue weighted by molar-refractivity contribution is 5.69. The van der Waals surface area contributed by atoms with Crippen molar-refractivity contribution in [3.8, 4) is 5.75 Å². The standard InChI is InChI=1S/C19H25NO3/c1-14-6-5-7-16-15(14)8-9-19(22-16)10-12-20(13-11-19)17(21)23-18(2,3)4/h5-9H,10-13H2,1-4H3. The van der Waals surface area contributed by atoms with Crippen LogP contribution in [0.25, 0.3) is 6.08 Å². The minimum atomic E-state index is -0.454. The summed E-state index contributed by atoms with van der Waals surface area (Å²) < 4.78 is 11.8. The van der Waals surface area contributed by atoms with Gasteiger partial charge in [0.15, 0.2) is 0 Å². The van der Waals surface area contributed by atoms with Crippen LogP contribution in [0.2, 0.25) is 0 Å². The quantitative estimate of drug-likeness (QED) is 0.721. The first-order valence-electron chi connectivity index (χ1n) is 8.24. The molecule has 2 aliphatic rings. The molecule has 3 rings (SSSR count). The first-order chi connectivity index (χ1) is 10.8. The van der Waals surface area contributed by atoms with Crippen LogP contribution in [0.15, 0.2) is 24.3 Å². The maximum absolute atomic E-state index is 12.2. The zero-order chi connectivity index (χ0) is 16.7. The van der Waals surface area contributed by atoms with E-state index < -0.39 is 5.60 Å². The highest BCUT2D eigenvalue weighted by Gasteiger charge is 2.39. The van der Waals surface area contributed by atoms with Crippen molar-refractivity contribution in [2.45, 2.75) is 51.7 Å². The van der Waals surface area contributed by atoms with Gasteiger partial charge in [-0.3, -0.25) is 0 Å². The first kappa shape index (κ1) is 15.9. The number of carbonyl (C=O) groups is 1. The molecule has 2 aliphatic heterocycles. The maximum atomic E-state index is 12.2. The van der Waals surface area contributed by atoms with E-state index in [2.05, 4.69) is 25.1 Å². The molecule has 0 N–H and O–H groups in total. The summed E-state index contributed by atoms with van der Waals surface area (Å²) in [6, 6.07) is 6.14. The molecular weight excluding hydrogens is 290 g/mol. The van der Waals surface area contributed by atoms with Crippen molar-refractivity contribution in [3.05, 3.63) is 35.4 Å². The highest BCUT2D eigenvalue weighted by atomic mass is 16.6. The number of rotatable bonds is 0. The average molecular weight is 315 g/mol. The number of piperidine rings is 1. The Morgan fingerprint density at radius 1 is 1.26 bits per heavy atom. The fraction of sp³-hybridized carbons (Fsp3) is 0.526. The molecule has 0 aliphatic carbocycles. The molecule has 1 amide bonds. The van der Waals surface area contributed by atoms with E-state index in [1.54, 1.807) is 4.90 Å². The number of nitrogens with zero attached hydrogens (tertiary/aromatic N) is 1. The molecule has 124 valence electrons. The Balaban J connectivity index is 1.67. The van der Waals surface area contributed by atoms with E-state index >= 15 is 0 Å². The molecule has 0 unspecified atom stereocenters. The summed E-state index contributed by atoms with van der Waals surface area (Å²) in [6.45, 7) is 9.07. The predicted octanol–water partition coefficient (Wildman–Crippen LogP) is 4.17. The van der Waals surface area contributed by atoms with Crippen LogP contribution in [0.3, 0.4) is 0 Å². The van der Waals surface area contributed by atoms with Crippen molar-refractivity contribution in [2.75, 3.05) is 13.1 Å². The second kappa shape index (κ2) is 5.59. The Hall–Kier alpha value is -1.97. The van der Waals surface area contributed by atoms with Crippen molar-refractivity contribution >= 4 is 12.2 Å². The minimum Gasteiger partial charge on any atom is -0.482 e. The Labute approximate surface area is 138 Å². The summed E-state index contributed by atoms with van der Waals surface area (Å²) in [5.74, 6) is 0.943. The van der Waals surface area contributed by atoms with Crippen molar-refractivity contribution in [3.63, 3.8) is 0 Å². The molecule has 2 heterocycles. The Bertz CT molecular complexity index is 635. The molecular formula is C19H25NO3. The van der Waals surface area contributed by atoms with Gasteiger partial charge in [-0.05, 0) is 45.4 Å². The van der Waals surface area contributed by atoms with Gasteiger partial charge in [0.1, 0.15) is 17.0 Å². The maximum Gasteiger partial charge on any atom is 0.410 e. The van der Waals surface area contributed by atoms with E-state index in [1.165, 1.54) is 5.56 Å². The van der Waals surface area contributed by atoms with Gasteiger partial charge in [-0.25, -0.2) is 4.79 Å². The van der Waals surface area contributed by atoms with Gasteiger partial charge in [-0.2, -0.15) is 0 Å². The van der Waals surface area contributed by atoms with Gasteiger partial charge >= 0.3 is 6.09 Å². The number of aryl methyl sites for hydroxylation is 1. The van der Waals surface area contributed by atoms with Crippen LogP contribution in [0, 0.1) is 6.92 Å². The molecule has 0 saturated carbocycles. The molecule has 1 fully saturated rings. The van der Waals surface area contributed by atoms with E-state index in [1.807, 2.05) is 32.9 Å². The number of hydrogen-bond donors (Lipinski definition) is 0. The number of hydrogen-bond acceptors (Lipinski definition) is 3. The van der Waals surface area contributed by atoms with Crippen LogP contribution in [0.4, 0.5) is 4.79 Å². The molecule has 0 atom stereocenters. The molecule has 1 saturated heterocycles. The van der Waals surface area contributed by atoms with Gasteiger partial charge in [-0.15, -0.1) is 0 Å². The van der Waals surface area contributed by atoms with E-state index in [4.69, 9.17) is 9.47 Å². The lowest BCUT2D eigenvalue weighted by Gasteiger charge is -2.42. The fourth-order valence-corrected chi connectivity index (χ4v) is 3.11. The van der Waals surface area contributed by atoms with Crippen LogP contribution >= 0.6 is 0 Å². The molecule has 1 spiro atoms. The number of likely N-dealkylation sites (tertiary alicyclic amines) is 1. The third-order valence-corrected chi connectivity index (χ3v) is 4.41. The second-order valence-corrected chi connectivity index (χ2v) is 7.45. The SMILES string of the molecule is Cc1cccc2c1C=CC1(CCN(C(=O)OC(C)(C)C)CC1)O2. The van der Waals surface area contributed by atoms with Crippen molar-refractivity contribution < 1.29 is 14.3 Å². The van der Waals surface area contributed by atoms with E-state index in [9.17, 15) is 4.79 Å². The second-order valence-electron chi connectivity index (χ2n) is 7.45. The number of benzene rings is 1. The Kier molecular flexibility index (Phi) is 3.86. The molecule has 4 heteroatoms. The lowest BCUT2D eigenvalue weighted by Crippen LogP contribution is -2.50. The molecule has 0 radical (unpaired) electrons. The Morgan fingerprint density at radius 3 is 2.61 bits per heavy atom. The number of fused-ring (bicyclic) bond motifs is 1.